The van der Waals surface area contributed by atoms with E-state index >= 15 is 0 Å². The number of rotatable bonds is 8. The molecule has 1 aliphatic heterocycles. The van der Waals surface area contributed by atoms with Gasteiger partial charge in [-0.1, -0.05) is 102 Å². The topological polar surface area (TPSA) is 78.4 Å². The Bertz CT molecular complexity index is 1400. The third kappa shape index (κ3) is 6.81. The maximum absolute atomic E-state index is 13.0. The summed E-state index contributed by atoms with van der Waals surface area (Å²) in [6.07, 6.45) is 0. The van der Waals surface area contributed by atoms with Crippen LogP contribution in [0.2, 0.25) is 5.15 Å². The number of carbonyl (C=O) groups excluding carboxylic acids is 2. The van der Waals surface area contributed by atoms with Crippen LogP contribution in [-0.2, 0) is 4.79 Å². The van der Waals surface area contributed by atoms with Crippen LogP contribution in [0.3, 0.4) is 0 Å². The minimum atomic E-state index is -0.261. The Labute approximate surface area is 243 Å². The van der Waals surface area contributed by atoms with Crippen molar-refractivity contribution in [2.75, 3.05) is 30.3 Å². The summed E-state index contributed by atoms with van der Waals surface area (Å²) >= 11 is 7.62. The number of amides is 2. The number of hydrogen-bond acceptors (Lipinski definition) is 6. The van der Waals surface area contributed by atoms with Gasteiger partial charge in [-0.25, -0.2) is 9.97 Å². The third-order valence-electron chi connectivity index (χ3n) is 6.80. The molecule has 7 nitrogen and oxygen atoms in total. The van der Waals surface area contributed by atoms with Crippen molar-refractivity contribution in [1.82, 2.24) is 20.2 Å². The van der Waals surface area contributed by atoms with Gasteiger partial charge in [0.05, 0.1) is 11.8 Å². The molecule has 0 saturated carbocycles. The van der Waals surface area contributed by atoms with Gasteiger partial charge in [0, 0.05) is 37.3 Å². The maximum atomic E-state index is 13.0. The fraction of sp³-hybridized carbons (Fsp3) is 0.226. The normalized spacial score (nSPS) is 15.2. The van der Waals surface area contributed by atoms with Crippen molar-refractivity contribution in [3.63, 3.8) is 0 Å². The molecule has 1 aromatic heterocycles. The number of piperazine rings is 1. The molecule has 0 bridgehead atoms. The van der Waals surface area contributed by atoms with Crippen molar-refractivity contribution in [3.05, 3.63) is 119 Å². The Morgan fingerprint density at radius 1 is 0.925 bits per heavy atom. The number of anilines is 1. The molecule has 1 N–H and O–H groups in total. The van der Waals surface area contributed by atoms with Crippen LogP contribution in [0.4, 0.5) is 5.82 Å². The first-order chi connectivity index (χ1) is 19.5. The molecule has 2 amide bonds. The highest BCUT2D eigenvalue weighted by Crippen LogP contribution is 2.26. The second-order valence-electron chi connectivity index (χ2n) is 9.60. The van der Waals surface area contributed by atoms with Crippen molar-refractivity contribution in [3.8, 4) is 0 Å². The smallest absolute Gasteiger partial charge is 0.254 e. The van der Waals surface area contributed by atoms with E-state index in [0.29, 0.717) is 41.3 Å². The summed E-state index contributed by atoms with van der Waals surface area (Å²) in [4.78, 5) is 39.1. The van der Waals surface area contributed by atoms with Crippen LogP contribution in [0.15, 0.2) is 102 Å². The number of nitrogens with one attached hydrogen (secondary N) is 1. The summed E-state index contributed by atoms with van der Waals surface area (Å²) in [6.45, 7) is 3.84. The van der Waals surface area contributed by atoms with Gasteiger partial charge in [-0.05, 0) is 30.2 Å². The van der Waals surface area contributed by atoms with Gasteiger partial charge in [-0.2, -0.15) is 0 Å². The highest BCUT2D eigenvalue weighted by Gasteiger charge is 2.29. The zero-order valence-electron chi connectivity index (χ0n) is 22.1. The van der Waals surface area contributed by atoms with Crippen molar-refractivity contribution in [2.24, 2.45) is 0 Å². The van der Waals surface area contributed by atoms with Crippen molar-refractivity contribution in [2.45, 2.75) is 24.2 Å². The lowest BCUT2D eigenvalue weighted by Crippen LogP contribution is -2.54. The molecule has 0 spiro atoms. The quantitative estimate of drug-likeness (QED) is 0.171. The monoisotopic (exact) mass is 571 g/mol. The number of aromatic nitrogens is 2. The molecule has 2 heterocycles. The highest BCUT2D eigenvalue weighted by molar-refractivity contribution is 7.99. The molecule has 5 rings (SSSR count). The molecule has 204 valence electrons. The average molecular weight is 572 g/mol. The van der Waals surface area contributed by atoms with Crippen LogP contribution in [0.1, 0.15) is 34.5 Å². The van der Waals surface area contributed by atoms with Gasteiger partial charge in [0.2, 0.25) is 5.91 Å². The van der Waals surface area contributed by atoms with E-state index in [0.717, 1.165) is 11.1 Å². The molecule has 40 heavy (non-hydrogen) atoms. The lowest BCUT2D eigenvalue weighted by molar-refractivity contribution is -0.119. The Morgan fingerprint density at radius 3 is 2.12 bits per heavy atom. The first-order valence-electron chi connectivity index (χ1n) is 13.2. The molecule has 0 unspecified atom stereocenters. The minimum absolute atomic E-state index is 0.00927. The molecule has 1 saturated heterocycles. The lowest BCUT2D eigenvalue weighted by atomic mass is 9.99. The number of hydrogen-bond donors (Lipinski definition) is 1. The van der Waals surface area contributed by atoms with Crippen LogP contribution in [-0.4, -0.2) is 58.1 Å². The van der Waals surface area contributed by atoms with E-state index < -0.39 is 0 Å². The van der Waals surface area contributed by atoms with E-state index in [1.807, 2.05) is 103 Å². The maximum Gasteiger partial charge on any atom is 0.254 e. The van der Waals surface area contributed by atoms with Gasteiger partial charge in [0.15, 0.2) is 5.16 Å². The van der Waals surface area contributed by atoms with Crippen molar-refractivity contribution in [1.29, 1.82) is 0 Å². The number of nitrogens with zero attached hydrogens (tertiary/aromatic N) is 4. The van der Waals surface area contributed by atoms with Crippen LogP contribution in [0.5, 0.6) is 0 Å². The largest absolute Gasteiger partial charge is 0.353 e. The molecule has 3 aromatic carbocycles. The Hall–Kier alpha value is -3.88. The van der Waals surface area contributed by atoms with E-state index in [2.05, 4.69) is 15.2 Å². The highest BCUT2D eigenvalue weighted by atomic mass is 35.5. The van der Waals surface area contributed by atoms with Crippen LogP contribution in [0.25, 0.3) is 0 Å². The molecule has 9 heteroatoms. The first kappa shape index (κ1) is 27.7. The molecular weight excluding hydrogens is 542 g/mol. The fourth-order valence-corrected chi connectivity index (χ4v) is 5.70. The SMILES string of the molecule is C[C@H]1CN(c2cc(Cl)nc(SCC(=O)NC(c3ccccc3)c3ccccc3)n2)CCN1C(=O)c1ccccc1. The van der Waals surface area contributed by atoms with Gasteiger partial charge in [0.1, 0.15) is 11.0 Å². The van der Waals surface area contributed by atoms with Gasteiger partial charge in [0.25, 0.3) is 5.91 Å². The standard InChI is InChI=1S/C31H30ClN5O2S/c1-22-20-36(17-18-37(22)30(39)25-15-9-4-10-16-25)27-19-26(32)33-31(34-27)40-21-28(38)35-29(23-11-5-2-6-12-23)24-13-7-3-8-14-24/h2-16,19,22,29H,17-18,20-21H2,1H3,(H,35,38)/t22-/m0/s1. The Balaban J connectivity index is 1.22. The summed E-state index contributed by atoms with van der Waals surface area (Å²) in [6, 6.07) is 30.6. The molecular formula is C31H30ClN5O2S. The molecule has 1 aliphatic rings. The van der Waals surface area contributed by atoms with Gasteiger partial charge in [-0.3, -0.25) is 9.59 Å². The predicted octanol–water partition coefficient (Wildman–Crippen LogP) is 5.48. The second-order valence-corrected chi connectivity index (χ2v) is 10.9. The van der Waals surface area contributed by atoms with E-state index in [1.54, 1.807) is 6.07 Å². The number of benzene rings is 3. The summed E-state index contributed by atoms with van der Waals surface area (Å²) < 4.78 is 0. The Morgan fingerprint density at radius 2 is 1.52 bits per heavy atom. The van der Waals surface area contributed by atoms with Crippen LogP contribution in [0, 0.1) is 0 Å². The van der Waals surface area contributed by atoms with Crippen LogP contribution >= 0.6 is 23.4 Å². The Kier molecular flexibility index (Phi) is 8.98. The molecule has 1 atom stereocenters. The second kappa shape index (κ2) is 13.0. The van der Waals surface area contributed by atoms with Gasteiger partial charge in [-0.15, -0.1) is 0 Å². The molecule has 4 aromatic rings. The van der Waals surface area contributed by atoms with E-state index in [1.165, 1.54) is 11.8 Å². The summed E-state index contributed by atoms with van der Waals surface area (Å²) in [5, 5.41) is 3.90. The van der Waals surface area contributed by atoms with E-state index in [9.17, 15) is 9.59 Å². The summed E-state index contributed by atoms with van der Waals surface area (Å²) in [7, 11) is 0. The fourth-order valence-electron chi connectivity index (χ4n) is 4.81. The summed E-state index contributed by atoms with van der Waals surface area (Å²) in [5.41, 5.74) is 2.70. The predicted molar refractivity (Wildman–Crippen MR) is 160 cm³/mol. The van der Waals surface area contributed by atoms with Crippen molar-refractivity contribution >= 4 is 41.0 Å². The van der Waals surface area contributed by atoms with Gasteiger partial charge >= 0.3 is 0 Å². The summed E-state index contributed by atoms with van der Waals surface area (Å²) in [5.74, 6) is 0.730. The molecule has 0 radical (unpaired) electrons. The lowest BCUT2D eigenvalue weighted by Gasteiger charge is -2.40. The third-order valence-corrected chi connectivity index (χ3v) is 7.84. The van der Waals surface area contributed by atoms with Crippen LogP contribution < -0.4 is 10.2 Å². The number of halogens is 1. The van der Waals surface area contributed by atoms with Gasteiger partial charge < -0.3 is 15.1 Å². The average Bonchev–Trinajstić information content (AvgIpc) is 2.99. The minimum Gasteiger partial charge on any atom is -0.353 e. The zero-order chi connectivity index (χ0) is 27.9. The molecule has 1 fully saturated rings. The zero-order valence-corrected chi connectivity index (χ0v) is 23.7. The molecule has 0 aliphatic carbocycles. The number of carbonyl (C=O) groups is 2. The van der Waals surface area contributed by atoms with E-state index in [-0.39, 0.29) is 29.7 Å². The number of thioether (sulfide) groups is 1. The first-order valence-corrected chi connectivity index (χ1v) is 14.5. The van der Waals surface area contributed by atoms with Crippen molar-refractivity contribution < 1.29 is 9.59 Å². The van der Waals surface area contributed by atoms with E-state index in [4.69, 9.17) is 16.6 Å².